The van der Waals surface area contributed by atoms with E-state index < -0.39 is 10.9 Å². The summed E-state index contributed by atoms with van der Waals surface area (Å²) in [6, 6.07) is 2.50. The number of esters is 1. The summed E-state index contributed by atoms with van der Waals surface area (Å²) in [5.74, 6) is -0.589. The third kappa shape index (κ3) is 3.21. The first-order chi connectivity index (χ1) is 9.61. The Balaban J connectivity index is 2.17. The number of nitrogens with zero attached hydrogens (tertiary/aromatic N) is 2. The molecule has 2 heterocycles. The predicted molar refractivity (Wildman–Crippen MR) is 69.7 cm³/mol. The Morgan fingerprint density at radius 3 is 3.05 bits per heavy atom. The van der Waals surface area contributed by atoms with Gasteiger partial charge in [-0.25, -0.2) is 9.78 Å². The molecule has 1 fully saturated rings. The third-order valence-corrected chi connectivity index (χ3v) is 2.99. The topological polar surface area (TPSA) is 104 Å². The van der Waals surface area contributed by atoms with Crippen molar-refractivity contribution < 1.29 is 19.2 Å². The average molecular weight is 281 g/mol. The third-order valence-electron chi connectivity index (χ3n) is 2.99. The molecular weight excluding hydrogens is 266 g/mol. The molecule has 2 rings (SSSR count). The van der Waals surface area contributed by atoms with Gasteiger partial charge in [0.05, 0.1) is 18.1 Å². The number of methoxy groups -OCH3 is 1. The molecule has 0 radical (unpaired) electrons. The number of anilines is 1. The number of ether oxygens (including phenoxy) is 2. The van der Waals surface area contributed by atoms with Crippen LogP contribution >= 0.6 is 0 Å². The molecule has 1 aromatic rings. The number of carbonyl (C=O) groups excluding carboxylic acids is 1. The molecule has 1 N–H and O–H groups in total. The van der Waals surface area contributed by atoms with Crippen LogP contribution in [-0.2, 0) is 9.47 Å². The molecule has 0 spiro atoms. The maximum atomic E-state index is 11.4. The van der Waals surface area contributed by atoms with Crippen LogP contribution in [0.5, 0.6) is 0 Å². The maximum Gasteiger partial charge on any atom is 0.356 e. The van der Waals surface area contributed by atoms with Crippen LogP contribution in [0, 0.1) is 10.1 Å². The van der Waals surface area contributed by atoms with Crippen molar-refractivity contribution in [2.75, 3.05) is 25.6 Å². The first-order valence-electron chi connectivity index (χ1n) is 6.21. The Bertz CT molecular complexity index is 514. The molecule has 8 heteroatoms. The molecule has 108 valence electrons. The molecule has 1 unspecified atom stereocenters. The van der Waals surface area contributed by atoms with Crippen LogP contribution in [-0.4, -0.2) is 42.2 Å². The Morgan fingerprint density at radius 2 is 2.45 bits per heavy atom. The van der Waals surface area contributed by atoms with Gasteiger partial charge in [-0.3, -0.25) is 10.1 Å². The molecule has 1 aliphatic rings. The highest BCUT2D eigenvalue weighted by molar-refractivity contribution is 5.88. The van der Waals surface area contributed by atoms with E-state index in [1.54, 1.807) is 0 Å². The zero-order valence-electron chi connectivity index (χ0n) is 11.0. The number of rotatable bonds is 5. The van der Waals surface area contributed by atoms with Crippen molar-refractivity contribution in [1.29, 1.82) is 0 Å². The fourth-order valence-corrected chi connectivity index (χ4v) is 1.96. The van der Waals surface area contributed by atoms with Crippen molar-refractivity contribution in [1.82, 2.24) is 4.98 Å². The Morgan fingerprint density at radius 1 is 1.65 bits per heavy atom. The summed E-state index contributed by atoms with van der Waals surface area (Å²) in [6.45, 7) is 1.11. The van der Waals surface area contributed by atoms with Gasteiger partial charge < -0.3 is 14.8 Å². The Kier molecular flexibility index (Phi) is 4.46. The highest BCUT2D eigenvalue weighted by Gasteiger charge is 2.21. The van der Waals surface area contributed by atoms with Gasteiger partial charge >= 0.3 is 11.7 Å². The second-order valence-electron chi connectivity index (χ2n) is 4.33. The first-order valence-corrected chi connectivity index (χ1v) is 6.21. The molecule has 0 bridgehead atoms. The van der Waals surface area contributed by atoms with E-state index >= 15 is 0 Å². The molecule has 1 saturated heterocycles. The minimum atomic E-state index is -0.639. The van der Waals surface area contributed by atoms with E-state index in [1.807, 2.05) is 0 Å². The summed E-state index contributed by atoms with van der Waals surface area (Å²) < 4.78 is 9.97. The largest absolute Gasteiger partial charge is 0.464 e. The van der Waals surface area contributed by atoms with Crippen LogP contribution in [0.3, 0.4) is 0 Å². The second-order valence-corrected chi connectivity index (χ2v) is 4.33. The highest BCUT2D eigenvalue weighted by atomic mass is 16.6. The van der Waals surface area contributed by atoms with Gasteiger partial charge in [0.2, 0.25) is 5.82 Å². The van der Waals surface area contributed by atoms with E-state index in [4.69, 9.17) is 4.74 Å². The molecule has 8 nitrogen and oxygen atoms in total. The summed E-state index contributed by atoms with van der Waals surface area (Å²) in [4.78, 5) is 25.7. The van der Waals surface area contributed by atoms with E-state index in [0.717, 1.165) is 12.8 Å². The first kappa shape index (κ1) is 14.2. The summed E-state index contributed by atoms with van der Waals surface area (Å²) in [6.07, 6.45) is 1.89. The summed E-state index contributed by atoms with van der Waals surface area (Å²) >= 11 is 0. The average Bonchev–Trinajstić information content (AvgIpc) is 2.97. The van der Waals surface area contributed by atoms with Crippen LogP contribution in [0.4, 0.5) is 11.5 Å². The number of aromatic nitrogens is 1. The minimum Gasteiger partial charge on any atom is -0.464 e. The van der Waals surface area contributed by atoms with Crippen molar-refractivity contribution >= 4 is 17.5 Å². The van der Waals surface area contributed by atoms with E-state index in [0.29, 0.717) is 13.2 Å². The van der Waals surface area contributed by atoms with Gasteiger partial charge in [-0.05, 0) is 18.9 Å². The van der Waals surface area contributed by atoms with Crippen LogP contribution in [0.2, 0.25) is 0 Å². The lowest BCUT2D eigenvalue weighted by Gasteiger charge is -2.11. The number of nitro groups is 1. The summed E-state index contributed by atoms with van der Waals surface area (Å²) in [5, 5.41) is 13.8. The van der Waals surface area contributed by atoms with Crippen molar-refractivity contribution in [3.63, 3.8) is 0 Å². The quantitative estimate of drug-likeness (QED) is 0.493. The van der Waals surface area contributed by atoms with Gasteiger partial charge in [0.25, 0.3) is 0 Å². The van der Waals surface area contributed by atoms with Crippen LogP contribution in [0.15, 0.2) is 12.1 Å². The van der Waals surface area contributed by atoms with E-state index in [-0.39, 0.29) is 23.3 Å². The highest BCUT2D eigenvalue weighted by Crippen LogP contribution is 2.23. The number of carbonyl (C=O) groups is 1. The summed E-state index contributed by atoms with van der Waals surface area (Å²) in [5.41, 5.74) is -0.163. The molecule has 1 aliphatic heterocycles. The number of nitrogens with one attached hydrogen (secondary N) is 1. The molecule has 1 atom stereocenters. The smallest absolute Gasteiger partial charge is 0.356 e. The minimum absolute atomic E-state index is 0.0122. The van der Waals surface area contributed by atoms with E-state index in [9.17, 15) is 14.9 Å². The molecule has 20 heavy (non-hydrogen) atoms. The molecule has 0 amide bonds. The lowest BCUT2D eigenvalue weighted by atomic mass is 10.2. The van der Waals surface area contributed by atoms with Gasteiger partial charge in [-0.1, -0.05) is 0 Å². The second kappa shape index (κ2) is 6.29. The van der Waals surface area contributed by atoms with E-state index in [2.05, 4.69) is 15.0 Å². The van der Waals surface area contributed by atoms with Crippen molar-refractivity contribution in [2.45, 2.75) is 18.9 Å². The van der Waals surface area contributed by atoms with Gasteiger partial charge in [0, 0.05) is 19.2 Å². The van der Waals surface area contributed by atoms with E-state index in [1.165, 1.54) is 19.2 Å². The van der Waals surface area contributed by atoms with Gasteiger partial charge in [0.15, 0.2) is 5.69 Å². The fourth-order valence-electron chi connectivity index (χ4n) is 1.96. The standard InChI is InChI=1S/C12H15N3O5/c1-19-12(16)9-4-5-10(15(17)18)11(14-9)13-7-8-3-2-6-20-8/h4-5,8H,2-3,6-7H2,1H3,(H,13,14). The van der Waals surface area contributed by atoms with Crippen molar-refractivity contribution in [2.24, 2.45) is 0 Å². The van der Waals surface area contributed by atoms with Crippen LogP contribution < -0.4 is 5.32 Å². The van der Waals surface area contributed by atoms with Gasteiger partial charge in [0.1, 0.15) is 0 Å². The lowest BCUT2D eigenvalue weighted by molar-refractivity contribution is -0.384. The Hall–Kier alpha value is -2.22. The van der Waals surface area contributed by atoms with Crippen LogP contribution in [0.25, 0.3) is 0 Å². The Labute approximate surface area is 115 Å². The summed E-state index contributed by atoms with van der Waals surface area (Å²) in [7, 11) is 1.23. The maximum absolute atomic E-state index is 11.4. The molecule has 0 aliphatic carbocycles. The normalized spacial score (nSPS) is 17.8. The molecular formula is C12H15N3O5. The van der Waals surface area contributed by atoms with Gasteiger partial charge in [-0.2, -0.15) is 0 Å². The monoisotopic (exact) mass is 281 g/mol. The molecule has 1 aromatic heterocycles. The number of hydrogen-bond acceptors (Lipinski definition) is 7. The van der Waals surface area contributed by atoms with Gasteiger partial charge in [-0.15, -0.1) is 0 Å². The zero-order chi connectivity index (χ0) is 14.5. The predicted octanol–water partition coefficient (Wildman–Crippen LogP) is 1.37. The van der Waals surface area contributed by atoms with Crippen LogP contribution in [0.1, 0.15) is 23.3 Å². The number of hydrogen-bond donors (Lipinski definition) is 1. The van der Waals surface area contributed by atoms with Crippen molar-refractivity contribution in [3.05, 3.63) is 27.9 Å². The SMILES string of the molecule is COC(=O)c1ccc([N+](=O)[O-])c(NCC2CCCO2)n1. The lowest BCUT2D eigenvalue weighted by Crippen LogP contribution is -2.20. The fraction of sp³-hybridized carbons (Fsp3) is 0.500. The molecule has 0 aromatic carbocycles. The van der Waals surface area contributed by atoms with Crippen molar-refractivity contribution in [3.8, 4) is 0 Å². The molecule has 0 saturated carbocycles. The number of pyridine rings is 1. The zero-order valence-corrected chi connectivity index (χ0v) is 11.0.